The van der Waals surface area contributed by atoms with E-state index in [9.17, 15) is 4.79 Å². The Bertz CT molecular complexity index is 278. The van der Waals surface area contributed by atoms with Crippen molar-refractivity contribution in [1.82, 2.24) is 5.32 Å². The molecule has 1 aliphatic rings. The van der Waals surface area contributed by atoms with Crippen LogP contribution in [0.3, 0.4) is 0 Å². The Kier molecular flexibility index (Phi) is 3.03. The molecule has 0 saturated carbocycles. The second kappa shape index (κ2) is 4.26. The van der Waals surface area contributed by atoms with Crippen LogP contribution < -0.4 is 5.32 Å². The summed E-state index contributed by atoms with van der Waals surface area (Å²) in [6.07, 6.45) is 0. The van der Waals surface area contributed by atoms with Crippen LogP contribution in [0.2, 0.25) is 0 Å². The van der Waals surface area contributed by atoms with Crippen molar-refractivity contribution in [3.63, 3.8) is 0 Å². The van der Waals surface area contributed by atoms with Gasteiger partial charge in [-0.3, -0.25) is 4.79 Å². The van der Waals surface area contributed by atoms with Crippen molar-refractivity contribution in [3.05, 3.63) is 22.4 Å². The summed E-state index contributed by atoms with van der Waals surface area (Å²) in [6, 6.07) is 1.93. The highest BCUT2D eigenvalue weighted by Crippen LogP contribution is 2.14. The fourth-order valence-corrected chi connectivity index (χ4v) is 2.92. The molecule has 70 valence electrons. The first kappa shape index (κ1) is 9.24. The van der Waals surface area contributed by atoms with Crippen molar-refractivity contribution in [3.8, 4) is 0 Å². The molecule has 1 aromatic rings. The van der Waals surface area contributed by atoms with Gasteiger partial charge >= 0.3 is 0 Å². The zero-order chi connectivity index (χ0) is 9.10. The maximum Gasteiger partial charge on any atom is 0.181 e. The third kappa shape index (κ3) is 2.13. The Balaban J connectivity index is 2.04. The normalized spacial score (nSPS) is 22.9. The van der Waals surface area contributed by atoms with E-state index < -0.39 is 0 Å². The van der Waals surface area contributed by atoms with Gasteiger partial charge in [-0.25, -0.2) is 0 Å². The number of carbonyl (C=O) groups excluding carboxylic acids is 1. The van der Waals surface area contributed by atoms with Gasteiger partial charge in [0.25, 0.3) is 0 Å². The Morgan fingerprint density at radius 2 is 2.54 bits per heavy atom. The molecule has 1 N–H and O–H groups in total. The number of hydrogen-bond acceptors (Lipinski definition) is 4. The monoisotopic (exact) mass is 213 g/mol. The van der Waals surface area contributed by atoms with E-state index in [1.54, 1.807) is 11.3 Å². The minimum atomic E-state index is 0.0355. The topological polar surface area (TPSA) is 29.1 Å². The van der Waals surface area contributed by atoms with Gasteiger partial charge in [-0.05, 0) is 11.4 Å². The summed E-state index contributed by atoms with van der Waals surface area (Å²) >= 11 is 3.43. The Morgan fingerprint density at radius 3 is 3.15 bits per heavy atom. The zero-order valence-corrected chi connectivity index (χ0v) is 8.79. The lowest BCUT2D eigenvalue weighted by Gasteiger charge is -2.21. The van der Waals surface area contributed by atoms with Crippen LogP contribution in [0.15, 0.2) is 16.8 Å². The molecule has 1 saturated heterocycles. The van der Waals surface area contributed by atoms with Gasteiger partial charge in [0, 0.05) is 29.0 Å². The van der Waals surface area contributed by atoms with Crippen molar-refractivity contribution < 1.29 is 4.79 Å². The summed E-state index contributed by atoms with van der Waals surface area (Å²) in [6.45, 7) is 0.950. The van der Waals surface area contributed by atoms with Crippen molar-refractivity contribution in [1.29, 1.82) is 0 Å². The molecule has 0 aromatic carbocycles. The zero-order valence-electron chi connectivity index (χ0n) is 7.16. The van der Waals surface area contributed by atoms with Crippen LogP contribution in [0.1, 0.15) is 10.4 Å². The van der Waals surface area contributed by atoms with Gasteiger partial charge in [-0.2, -0.15) is 23.1 Å². The van der Waals surface area contributed by atoms with Crippen molar-refractivity contribution >= 4 is 28.9 Å². The van der Waals surface area contributed by atoms with Crippen LogP contribution in [0, 0.1) is 0 Å². The molecule has 1 aromatic heterocycles. The lowest BCUT2D eigenvalue weighted by Crippen LogP contribution is -2.43. The first-order valence-corrected chi connectivity index (χ1v) is 6.35. The fourth-order valence-electron chi connectivity index (χ4n) is 1.34. The minimum absolute atomic E-state index is 0.0355. The summed E-state index contributed by atoms with van der Waals surface area (Å²) in [7, 11) is 0. The molecule has 2 heterocycles. The fraction of sp³-hybridized carbons (Fsp3) is 0.444. The smallest absolute Gasteiger partial charge is 0.181 e. The number of ketones is 1. The molecule has 0 radical (unpaired) electrons. The third-order valence-electron chi connectivity index (χ3n) is 2.04. The Hall–Kier alpha value is -0.320. The van der Waals surface area contributed by atoms with E-state index in [0.29, 0.717) is 0 Å². The van der Waals surface area contributed by atoms with E-state index in [-0.39, 0.29) is 11.8 Å². The van der Waals surface area contributed by atoms with Crippen molar-refractivity contribution in [2.45, 2.75) is 6.04 Å². The third-order valence-corrected chi connectivity index (χ3v) is 3.79. The van der Waals surface area contributed by atoms with Gasteiger partial charge in [0.15, 0.2) is 5.78 Å². The molecule has 1 fully saturated rings. The van der Waals surface area contributed by atoms with Crippen LogP contribution in [0.4, 0.5) is 0 Å². The molecule has 0 aliphatic carbocycles. The predicted octanol–water partition coefficient (Wildman–Crippen LogP) is 1.64. The lowest BCUT2D eigenvalue weighted by atomic mass is 10.1. The van der Waals surface area contributed by atoms with Gasteiger partial charge in [0.05, 0.1) is 6.04 Å². The van der Waals surface area contributed by atoms with E-state index in [1.807, 2.05) is 28.6 Å². The number of thiophene rings is 1. The molecule has 0 amide bonds. The van der Waals surface area contributed by atoms with E-state index >= 15 is 0 Å². The maximum atomic E-state index is 11.8. The first-order valence-electron chi connectivity index (χ1n) is 4.25. The largest absolute Gasteiger partial charge is 0.306 e. The summed E-state index contributed by atoms with van der Waals surface area (Å²) < 4.78 is 0. The van der Waals surface area contributed by atoms with Gasteiger partial charge in [0.1, 0.15) is 0 Å². The number of thioether (sulfide) groups is 1. The standard InChI is InChI=1S/C9H11NOS2/c11-9(7-1-3-12-5-7)8-6-13-4-2-10-8/h1,3,5,8,10H,2,4,6H2. The van der Waals surface area contributed by atoms with E-state index in [1.165, 1.54) is 0 Å². The molecule has 1 unspecified atom stereocenters. The van der Waals surface area contributed by atoms with E-state index in [2.05, 4.69) is 5.32 Å². The van der Waals surface area contributed by atoms with E-state index in [0.717, 1.165) is 23.6 Å². The number of Topliss-reactive ketones (excluding diaryl/α,β-unsaturated/α-hetero) is 1. The van der Waals surface area contributed by atoms with Crippen LogP contribution in [-0.2, 0) is 0 Å². The van der Waals surface area contributed by atoms with Crippen molar-refractivity contribution in [2.24, 2.45) is 0 Å². The molecular formula is C9H11NOS2. The maximum absolute atomic E-state index is 11.8. The Labute approximate surface area is 85.7 Å². The van der Waals surface area contributed by atoms with Gasteiger partial charge in [-0.15, -0.1) is 0 Å². The second-order valence-corrected chi connectivity index (χ2v) is 4.89. The summed E-state index contributed by atoms with van der Waals surface area (Å²) in [5.41, 5.74) is 0.852. The average molecular weight is 213 g/mol. The number of rotatable bonds is 2. The highest BCUT2D eigenvalue weighted by molar-refractivity contribution is 7.99. The van der Waals surface area contributed by atoms with E-state index in [4.69, 9.17) is 0 Å². The molecule has 13 heavy (non-hydrogen) atoms. The summed E-state index contributed by atoms with van der Waals surface area (Å²) in [4.78, 5) is 11.8. The average Bonchev–Trinajstić information content (AvgIpc) is 2.71. The summed E-state index contributed by atoms with van der Waals surface area (Å²) in [5, 5.41) is 7.11. The quantitative estimate of drug-likeness (QED) is 0.757. The minimum Gasteiger partial charge on any atom is -0.306 e. The molecule has 1 aliphatic heterocycles. The van der Waals surface area contributed by atoms with Gasteiger partial charge < -0.3 is 5.32 Å². The van der Waals surface area contributed by atoms with Crippen LogP contribution in [0.25, 0.3) is 0 Å². The SMILES string of the molecule is O=C(c1ccsc1)C1CSCCN1. The molecule has 4 heteroatoms. The highest BCUT2D eigenvalue weighted by atomic mass is 32.2. The first-order chi connectivity index (χ1) is 6.38. The number of hydrogen-bond donors (Lipinski definition) is 1. The number of nitrogens with one attached hydrogen (secondary N) is 1. The molecule has 2 nitrogen and oxygen atoms in total. The molecule has 0 bridgehead atoms. The summed E-state index contributed by atoms with van der Waals surface area (Å²) in [5.74, 6) is 2.27. The van der Waals surface area contributed by atoms with Crippen LogP contribution in [-0.4, -0.2) is 29.9 Å². The van der Waals surface area contributed by atoms with Crippen molar-refractivity contribution in [2.75, 3.05) is 18.1 Å². The molecule has 1 atom stereocenters. The van der Waals surface area contributed by atoms with Gasteiger partial charge in [-0.1, -0.05) is 0 Å². The van der Waals surface area contributed by atoms with Crippen LogP contribution in [0.5, 0.6) is 0 Å². The Morgan fingerprint density at radius 1 is 1.62 bits per heavy atom. The second-order valence-electron chi connectivity index (χ2n) is 2.96. The predicted molar refractivity (Wildman–Crippen MR) is 57.8 cm³/mol. The molecular weight excluding hydrogens is 202 g/mol. The molecule has 2 rings (SSSR count). The number of carbonyl (C=O) groups is 1. The molecule has 0 spiro atoms. The lowest BCUT2D eigenvalue weighted by molar-refractivity contribution is 0.0953. The van der Waals surface area contributed by atoms with Crippen LogP contribution >= 0.6 is 23.1 Å². The highest BCUT2D eigenvalue weighted by Gasteiger charge is 2.21. The van der Waals surface area contributed by atoms with Gasteiger partial charge in [0.2, 0.25) is 0 Å².